The number of methoxy groups -OCH3 is 1. The number of hydrogen-bond donors (Lipinski definition) is 1. The molecule has 23 heavy (non-hydrogen) atoms. The third-order valence-electron chi connectivity index (χ3n) is 3.42. The van der Waals surface area contributed by atoms with E-state index in [1.54, 1.807) is 18.2 Å². The number of halogens is 1. The third-order valence-corrected chi connectivity index (χ3v) is 3.73. The molecule has 0 aliphatic rings. The first-order chi connectivity index (χ1) is 11.1. The number of rotatable bonds is 6. The molecule has 0 fully saturated rings. The summed E-state index contributed by atoms with van der Waals surface area (Å²) in [5, 5.41) is 2.73. The molecule has 1 unspecified atom stereocenters. The van der Waals surface area contributed by atoms with Crippen LogP contribution in [-0.4, -0.2) is 25.0 Å². The molecular weight excluding hydrogens is 314 g/mol. The maximum atomic E-state index is 12.4. The smallest absolute Gasteiger partial charge is 0.328 e. The fourth-order valence-electron chi connectivity index (χ4n) is 2.22. The summed E-state index contributed by atoms with van der Waals surface area (Å²) in [6.07, 6.45) is 0.369. The second-order valence-corrected chi connectivity index (χ2v) is 5.34. The first kappa shape index (κ1) is 17.0. The van der Waals surface area contributed by atoms with Crippen LogP contribution in [-0.2, 0) is 21.8 Å². The van der Waals surface area contributed by atoms with Gasteiger partial charge in [0.1, 0.15) is 6.04 Å². The van der Waals surface area contributed by atoms with Crippen LogP contribution in [0.4, 0.5) is 0 Å². The monoisotopic (exact) mass is 331 g/mol. The number of hydrogen-bond acceptors (Lipinski definition) is 3. The van der Waals surface area contributed by atoms with E-state index in [2.05, 4.69) is 5.32 Å². The van der Waals surface area contributed by atoms with Crippen molar-refractivity contribution >= 4 is 23.5 Å². The van der Waals surface area contributed by atoms with E-state index < -0.39 is 12.0 Å². The maximum absolute atomic E-state index is 12.4. The molecule has 0 aromatic heterocycles. The van der Waals surface area contributed by atoms with Crippen molar-refractivity contribution in [2.75, 3.05) is 7.11 Å². The van der Waals surface area contributed by atoms with Crippen molar-refractivity contribution in [2.45, 2.75) is 18.3 Å². The van der Waals surface area contributed by atoms with Gasteiger partial charge < -0.3 is 10.1 Å². The second kappa shape index (κ2) is 8.34. The number of carbonyl (C=O) groups excluding carboxylic acids is 2. The standard InChI is InChI=1S/C18H18ClNO3/c1-23-18(22)16(11-13-6-3-2-4-7-13)20-17(21)15-9-5-8-14(10-15)12-19/h2-10,16H,11-12H2,1H3,(H,20,21). The lowest BCUT2D eigenvalue weighted by Gasteiger charge is -2.17. The van der Waals surface area contributed by atoms with Crippen molar-refractivity contribution < 1.29 is 14.3 Å². The summed E-state index contributed by atoms with van der Waals surface area (Å²) in [7, 11) is 1.31. The normalized spacial score (nSPS) is 11.6. The Kier molecular flexibility index (Phi) is 6.18. The Hall–Kier alpha value is -2.33. The Labute approximate surface area is 140 Å². The van der Waals surface area contributed by atoms with Gasteiger partial charge in [-0.1, -0.05) is 42.5 Å². The van der Waals surface area contributed by atoms with Crippen LogP contribution in [0.15, 0.2) is 54.6 Å². The van der Waals surface area contributed by atoms with Gasteiger partial charge in [0, 0.05) is 17.9 Å². The molecule has 2 rings (SSSR count). The van der Waals surface area contributed by atoms with Crippen LogP contribution in [0.3, 0.4) is 0 Å². The molecule has 2 aromatic rings. The molecule has 1 atom stereocenters. The van der Waals surface area contributed by atoms with E-state index in [9.17, 15) is 9.59 Å². The van der Waals surface area contributed by atoms with Crippen molar-refractivity contribution in [3.63, 3.8) is 0 Å². The van der Waals surface area contributed by atoms with E-state index >= 15 is 0 Å². The van der Waals surface area contributed by atoms with Gasteiger partial charge in [0.15, 0.2) is 0 Å². The van der Waals surface area contributed by atoms with Gasteiger partial charge in [0.2, 0.25) is 0 Å². The van der Waals surface area contributed by atoms with Crippen LogP contribution in [0.5, 0.6) is 0 Å². The van der Waals surface area contributed by atoms with Gasteiger partial charge in [-0.3, -0.25) is 4.79 Å². The number of esters is 1. The Morgan fingerprint density at radius 2 is 1.78 bits per heavy atom. The quantitative estimate of drug-likeness (QED) is 0.654. The molecule has 1 N–H and O–H groups in total. The molecule has 0 spiro atoms. The molecule has 0 heterocycles. The van der Waals surface area contributed by atoms with Gasteiger partial charge >= 0.3 is 5.97 Å². The molecule has 0 saturated heterocycles. The minimum Gasteiger partial charge on any atom is -0.467 e. The van der Waals surface area contributed by atoms with E-state index in [-0.39, 0.29) is 5.91 Å². The van der Waals surface area contributed by atoms with Crippen LogP contribution >= 0.6 is 11.6 Å². The summed E-state index contributed by atoms with van der Waals surface area (Å²) in [5.41, 5.74) is 2.25. The lowest BCUT2D eigenvalue weighted by molar-refractivity contribution is -0.142. The Balaban J connectivity index is 2.13. The zero-order valence-corrected chi connectivity index (χ0v) is 13.5. The highest BCUT2D eigenvalue weighted by Gasteiger charge is 2.22. The molecule has 120 valence electrons. The Morgan fingerprint density at radius 1 is 1.09 bits per heavy atom. The van der Waals surface area contributed by atoms with E-state index in [0.29, 0.717) is 17.9 Å². The largest absolute Gasteiger partial charge is 0.467 e. The fraction of sp³-hybridized carbons (Fsp3) is 0.222. The molecule has 0 aliphatic carbocycles. The molecule has 1 amide bonds. The highest BCUT2D eigenvalue weighted by Crippen LogP contribution is 2.10. The number of alkyl halides is 1. The summed E-state index contributed by atoms with van der Waals surface area (Å²) >= 11 is 5.78. The van der Waals surface area contributed by atoms with Gasteiger partial charge in [-0.05, 0) is 23.3 Å². The minimum atomic E-state index is -0.741. The zero-order valence-electron chi connectivity index (χ0n) is 12.8. The molecule has 4 nitrogen and oxygen atoms in total. The third kappa shape index (κ3) is 4.83. The highest BCUT2D eigenvalue weighted by molar-refractivity contribution is 6.17. The molecule has 0 radical (unpaired) electrons. The average molecular weight is 332 g/mol. The second-order valence-electron chi connectivity index (χ2n) is 5.07. The van der Waals surface area contributed by atoms with Gasteiger partial charge in [-0.2, -0.15) is 0 Å². The van der Waals surface area contributed by atoms with Gasteiger partial charge in [-0.15, -0.1) is 11.6 Å². The van der Waals surface area contributed by atoms with Crippen LogP contribution in [0.1, 0.15) is 21.5 Å². The SMILES string of the molecule is COC(=O)C(Cc1ccccc1)NC(=O)c1cccc(CCl)c1. The zero-order chi connectivity index (χ0) is 16.7. The van der Waals surface area contributed by atoms with Crippen molar-refractivity contribution in [3.8, 4) is 0 Å². The number of ether oxygens (including phenoxy) is 1. The lowest BCUT2D eigenvalue weighted by Crippen LogP contribution is -2.43. The van der Waals surface area contributed by atoms with E-state index in [4.69, 9.17) is 16.3 Å². The van der Waals surface area contributed by atoms with E-state index in [1.165, 1.54) is 7.11 Å². The maximum Gasteiger partial charge on any atom is 0.328 e. The van der Waals surface area contributed by atoms with Crippen LogP contribution < -0.4 is 5.32 Å². The predicted octanol–water partition coefficient (Wildman–Crippen LogP) is 2.94. The van der Waals surface area contributed by atoms with Gasteiger partial charge in [-0.25, -0.2) is 4.79 Å². The number of benzene rings is 2. The molecule has 0 bridgehead atoms. The number of amides is 1. The Bertz CT molecular complexity index is 673. The van der Waals surface area contributed by atoms with Gasteiger partial charge in [0.05, 0.1) is 7.11 Å². The van der Waals surface area contributed by atoms with Crippen LogP contribution in [0.25, 0.3) is 0 Å². The topological polar surface area (TPSA) is 55.4 Å². The summed E-state index contributed by atoms with van der Waals surface area (Å²) in [5.74, 6) is -0.482. The summed E-state index contributed by atoms with van der Waals surface area (Å²) in [4.78, 5) is 24.3. The van der Waals surface area contributed by atoms with Crippen molar-refractivity contribution in [1.29, 1.82) is 0 Å². The first-order valence-electron chi connectivity index (χ1n) is 7.21. The molecule has 0 saturated carbocycles. The Morgan fingerprint density at radius 3 is 2.43 bits per heavy atom. The van der Waals surface area contributed by atoms with E-state index in [0.717, 1.165) is 11.1 Å². The van der Waals surface area contributed by atoms with Crippen molar-refractivity contribution in [1.82, 2.24) is 5.32 Å². The predicted molar refractivity (Wildman–Crippen MR) is 89.4 cm³/mol. The van der Waals surface area contributed by atoms with Crippen LogP contribution in [0.2, 0.25) is 0 Å². The summed E-state index contributed by atoms with van der Waals surface area (Å²) in [6.45, 7) is 0. The fourth-order valence-corrected chi connectivity index (χ4v) is 2.39. The molecule has 0 aliphatic heterocycles. The number of nitrogens with one attached hydrogen (secondary N) is 1. The van der Waals surface area contributed by atoms with Crippen molar-refractivity contribution in [3.05, 3.63) is 71.3 Å². The van der Waals surface area contributed by atoms with E-state index in [1.807, 2.05) is 36.4 Å². The molecule has 5 heteroatoms. The molecule has 2 aromatic carbocycles. The molecular formula is C18H18ClNO3. The number of carbonyl (C=O) groups is 2. The lowest BCUT2D eigenvalue weighted by atomic mass is 10.0. The average Bonchev–Trinajstić information content (AvgIpc) is 2.61. The minimum absolute atomic E-state index is 0.325. The van der Waals surface area contributed by atoms with Crippen LogP contribution in [0, 0.1) is 0 Å². The summed E-state index contributed by atoms with van der Waals surface area (Å²) in [6, 6.07) is 15.7. The highest BCUT2D eigenvalue weighted by atomic mass is 35.5. The van der Waals surface area contributed by atoms with Crippen molar-refractivity contribution in [2.24, 2.45) is 0 Å². The first-order valence-corrected chi connectivity index (χ1v) is 7.75. The summed E-state index contributed by atoms with van der Waals surface area (Å²) < 4.78 is 4.79. The van der Waals surface area contributed by atoms with Gasteiger partial charge in [0.25, 0.3) is 5.91 Å².